The van der Waals surface area contributed by atoms with Crippen LogP contribution in [0.15, 0.2) is 84.5 Å². The van der Waals surface area contributed by atoms with Crippen molar-refractivity contribution in [2.45, 2.75) is 110 Å². The lowest BCUT2D eigenvalue weighted by Crippen LogP contribution is -2.25. The topological polar surface area (TPSA) is 73.2 Å². The molecule has 1 fully saturated rings. The highest BCUT2D eigenvalue weighted by Gasteiger charge is 2.22. The molecule has 3 aromatic carbocycles. The van der Waals surface area contributed by atoms with E-state index in [4.69, 9.17) is 24.3 Å². The second-order valence-corrected chi connectivity index (χ2v) is 15.2. The monoisotopic (exact) mass is 737 g/mol. The van der Waals surface area contributed by atoms with Crippen LogP contribution in [-0.4, -0.2) is 49.6 Å². The lowest BCUT2D eigenvalue weighted by atomic mass is 9.88. The van der Waals surface area contributed by atoms with Gasteiger partial charge in [-0.2, -0.15) is 5.10 Å². The summed E-state index contributed by atoms with van der Waals surface area (Å²) in [5.74, 6) is 1.02. The van der Waals surface area contributed by atoms with Crippen molar-refractivity contribution in [3.63, 3.8) is 0 Å². The maximum Gasteiger partial charge on any atom is 0.330 e. The Morgan fingerprint density at radius 3 is 2.40 bits per heavy atom. The highest BCUT2D eigenvalue weighted by Crippen LogP contribution is 2.32. The maximum atomic E-state index is 11.1. The van der Waals surface area contributed by atoms with Crippen LogP contribution in [-0.2, 0) is 20.7 Å². The van der Waals surface area contributed by atoms with Crippen LogP contribution in [0.25, 0.3) is 21.3 Å². The minimum Gasteiger partial charge on any atom is -0.493 e. The molecule has 0 spiro atoms. The van der Waals surface area contributed by atoms with Gasteiger partial charge >= 0.3 is 5.97 Å². The van der Waals surface area contributed by atoms with E-state index in [2.05, 4.69) is 86.1 Å². The minimum absolute atomic E-state index is 0.330. The molecule has 1 aliphatic rings. The summed E-state index contributed by atoms with van der Waals surface area (Å²) in [4.78, 5) is 16.1. The van der Waals surface area contributed by atoms with Gasteiger partial charge in [-0.15, -0.1) is 0 Å². The normalized spacial score (nSPS) is 15.9. The van der Waals surface area contributed by atoms with E-state index in [9.17, 15) is 4.79 Å². The van der Waals surface area contributed by atoms with E-state index in [0.717, 1.165) is 111 Å². The number of rotatable bonds is 23. The van der Waals surface area contributed by atoms with Crippen molar-refractivity contribution in [1.29, 1.82) is 0 Å². The van der Waals surface area contributed by atoms with Crippen LogP contribution in [0.5, 0.6) is 5.75 Å². The molecule has 1 saturated carbocycles. The van der Waals surface area contributed by atoms with Crippen molar-refractivity contribution in [2.24, 2.45) is 11.0 Å². The molecule has 0 amide bonds. The number of aryl methyl sites for hydroxylation is 1. The van der Waals surface area contributed by atoms with E-state index in [1.165, 1.54) is 41.2 Å². The first kappa shape index (κ1) is 40.2. The SMILES string of the molecule is C=CC(=O)OCCCCCCOC1CCC(COc2ccc(-c3ccc(CCC)cc3)cc2/C=N/N(CCCCCC)c2nc3ccccc3s2)CC1. The maximum absolute atomic E-state index is 11.1. The number of fused-ring (bicyclic) bond motifs is 1. The molecule has 0 unspecified atom stereocenters. The average Bonchev–Trinajstić information content (AvgIpc) is 3.63. The van der Waals surface area contributed by atoms with Gasteiger partial charge in [-0.1, -0.05) is 106 Å². The number of hydrazone groups is 1. The first-order chi connectivity index (χ1) is 26.1. The summed E-state index contributed by atoms with van der Waals surface area (Å²) in [5.41, 5.74) is 5.72. The van der Waals surface area contributed by atoms with Crippen LogP contribution < -0.4 is 9.75 Å². The van der Waals surface area contributed by atoms with Gasteiger partial charge < -0.3 is 14.2 Å². The Labute approximate surface area is 321 Å². The van der Waals surface area contributed by atoms with Crippen LogP contribution in [0.3, 0.4) is 0 Å². The van der Waals surface area contributed by atoms with E-state index >= 15 is 0 Å². The third-order valence-corrected chi connectivity index (χ3v) is 11.0. The highest BCUT2D eigenvalue weighted by atomic mass is 32.1. The van der Waals surface area contributed by atoms with Gasteiger partial charge in [0.1, 0.15) is 5.75 Å². The number of nitrogens with zero attached hydrogens (tertiary/aromatic N) is 3. The Kier molecular flexibility index (Phi) is 16.9. The van der Waals surface area contributed by atoms with Crippen molar-refractivity contribution >= 4 is 38.9 Å². The highest BCUT2D eigenvalue weighted by molar-refractivity contribution is 7.22. The van der Waals surface area contributed by atoms with E-state index in [1.54, 1.807) is 11.3 Å². The lowest BCUT2D eigenvalue weighted by molar-refractivity contribution is -0.137. The molecule has 0 aliphatic heterocycles. The fourth-order valence-electron chi connectivity index (χ4n) is 6.82. The first-order valence-corrected chi connectivity index (χ1v) is 20.8. The summed E-state index contributed by atoms with van der Waals surface area (Å²) in [6.07, 6.45) is 18.8. The summed E-state index contributed by atoms with van der Waals surface area (Å²) in [6.45, 7) is 10.7. The second-order valence-electron chi connectivity index (χ2n) is 14.2. The van der Waals surface area contributed by atoms with Crippen molar-refractivity contribution in [2.75, 3.05) is 31.4 Å². The predicted molar refractivity (Wildman–Crippen MR) is 221 cm³/mol. The minimum atomic E-state index is -0.346. The Hall–Kier alpha value is -4.01. The van der Waals surface area contributed by atoms with Gasteiger partial charge in [-0.25, -0.2) is 14.8 Å². The lowest BCUT2D eigenvalue weighted by Gasteiger charge is -2.28. The number of carbonyl (C=O) groups is 1. The van der Waals surface area contributed by atoms with Gasteiger partial charge in [0.2, 0.25) is 5.13 Å². The average molecular weight is 738 g/mol. The molecule has 0 saturated heterocycles. The summed E-state index contributed by atoms with van der Waals surface area (Å²) in [5, 5.41) is 8.11. The summed E-state index contributed by atoms with van der Waals surface area (Å²) < 4.78 is 19.1. The van der Waals surface area contributed by atoms with E-state index in [-0.39, 0.29) is 5.97 Å². The van der Waals surface area contributed by atoms with Gasteiger partial charge in [0, 0.05) is 24.8 Å². The second kappa shape index (κ2) is 22.3. The molecule has 0 radical (unpaired) electrons. The number of hydrogen-bond acceptors (Lipinski definition) is 8. The number of unbranched alkanes of at least 4 members (excludes halogenated alkanes) is 6. The van der Waals surface area contributed by atoms with E-state index in [1.807, 2.05) is 12.3 Å². The van der Waals surface area contributed by atoms with Crippen molar-refractivity contribution in [3.05, 3.63) is 90.5 Å². The van der Waals surface area contributed by atoms with E-state index in [0.29, 0.717) is 25.2 Å². The molecule has 7 nitrogen and oxygen atoms in total. The Morgan fingerprint density at radius 2 is 1.64 bits per heavy atom. The summed E-state index contributed by atoms with van der Waals surface area (Å²) in [7, 11) is 0. The number of esters is 1. The quantitative estimate of drug-likeness (QED) is 0.0248. The molecule has 1 aliphatic carbocycles. The van der Waals surface area contributed by atoms with Crippen LogP contribution in [0.1, 0.15) is 108 Å². The number of benzene rings is 3. The Bertz CT molecular complexity index is 1680. The van der Waals surface area contributed by atoms with Crippen LogP contribution in [0.4, 0.5) is 5.13 Å². The van der Waals surface area contributed by atoms with Gasteiger partial charge in [0.25, 0.3) is 0 Å². The molecular weight excluding hydrogens is 679 g/mol. The van der Waals surface area contributed by atoms with Gasteiger partial charge in [-0.3, -0.25) is 0 Å². The number of ether oxygens (including phenoxy) is 3. The molecule has 53 heavy (non-hydrogen) atoms. The molecule has 0 atom stereocenters. The standard InChI is InChI=1S/C45H59N3O4S/c1-4-7-8-13-29-48(45-47-41-17-11-12-18-43(41)53-45)46-33-39-32-38(37-23-19-35(16-5-2)20-24-37)25-28-42(39)52-34-36-21-26-40(27-22-36)50-30-14-9-10-15-31-51-44(49)6-3/h6,11-12,17-20,23-25,28,32-33,36,40H,3-5,7-10,13-16,21-22,26-27,29-31,34H2,1-2H3/b46-33+. The summed E-state index contributed by atoms with van der Waals surface area (Å²) >= 11 is 1.70. The van der Waals surface area contributed by atoms with Crippen LogP contribution in [0.2, 0.25) is 0 Å². The Morgan fingerprint density at radius 1 is 0.887 bits per heavy atom. The Balaban J connectivity index is 1.21. The summed E-state index contributed by atoms with van der Waals surface area (Å²) in [6, 6.07) is 23.8. The van der Waals surface area contributed by atoms with Crippen molar-refractivity contribution in [1.82, 2.24) is 4.98 Å². The van der Waals surface area contributed by atoms with Crippen LogP contribution >= 0.6 is 11.3 Å². The molecule has 1 heterocycles. The van der Waals surface area contributed by atoms with Gasteiger partial charge in [0.15, 0.2) is 0 Å². The molecule has 8 heteroatoms. The zero-order valence-corrected chi connectivity index (χ0v) is 32.8. The fraction of sp³-hybridized carbons (Fsp3) is 0.489. The van der Waals surface area contributed by atoms with Crippen LogP contribution in [0, 0.1) is 5.92 Å². The third-order valence-electron chi connectivity index (χ3n) is 9.97. The number of hydrogen-bond donors (Lipinski definition) is 0. The van der Waals surface area contributed by atoms with E-state index < -0.39 is 0 Å². The van der Waals surface area contributed by atoms with Crippen molar-refractivity contribution < 1.29 is 19.0 Å². The first-order valence-electron chi connectivity index (χ1n) is 20.0. The number of anilines is 1. The molecule has 0 N–H and O–H groups in total. The number of carbonyl (C=O) groups excluding carboxylic acids is 1. The smallest absolute Gasteiger partial charge is 0.330 e. The predicted octanol–water partition coefficient (Wildman–Crippen LogP) is 11.6. The van der Waals surface area contributed by atoms with Crippen molar-refractivity contribution in [3.8, 4) is 16.9 Å². The van der Waals surface area contributed by atoms with Gasteiger partial charge in [0.05, 0.1) is 35.7 Å². The molecule has 4 aromatic rings. The molecule has 1 aromatic heterocycles. The van der Waals surface area contributed by atoms with Gasteiger partial charge in [-0.05, 0) is 105 Å². The third kappa shape index (κ3) is 13.1. The molecule has 284 valence electrons. The number of thiazole rings is 1. The largest absolute Gasteiger partial charge is 0.493 e. The zero-order valence-electron chi connectivity index (χ0n) is 32.0. The molecule has 0 bridgehead atoms. The molecule has 5 rings (SSSR count). The molecular formula is C45H59N3O4S. The fourth-order valence-corrected chi connectivity index (χ4v) is 7.77. The number of para-hydroxylation sites is 1. The zero-order chi connectivity index (χ0) is 37.1. The number of aromatic nitrogens is 1.